The molecule has 96 valence electrons. The molecule has 3 rings (SSSR count). The number of piperidine rings is 1. The molecule has 1 aromatic rings. The van der Waals surface area contributed by atoms with Gasteiger partial charge in [-0.1, -0.05) is 17.7 Å². The zero-order chi connectivity index (χ0) is 12.9. The Morgan fingerprint density at radius 3 is 3.00 bits per heavy atom. The first kappa shape index (κ1) is 11.5. The summed E-state index contributed by atoms with van der Waals surface area (Å²) in [6.07, 6.45) is 1.03. The Morgan fingerprint density at radius 1 is 1.50 bits per heavy atom. The fraction of sp³-hybridized carbons (Fsp3) is 0.500. The second kappa shape index (κ2) is 3.99. The van der Waals surface area contributed by atoms with Crippen molar-refractivity contribution in [2.45, 2.75) is 25.3 Å². The molecule has 2 aliphatic rings. The van der Waals surface area contributed by atoms with Crippen molar-refractivity contribution in [2.75, 3.05) is 25.0 Å². The van der Waals surface area contributed by atoms with Crippen LogP contribution in [0.15, 0.2) is 18.2 Å². The second-order valence-corrected chi connectivity index (χ2v) is 5.64. The van der Waals surface area contributed by atoms with Crippen LogP contribution in [0.4, 0.5) is 10.5 Å². The number of amides is 2. The number of anilines is 1. The molecule has 4 heteroatoms. The van der Waals surface area contributed by atoms with Crippen LogP contribution in [-0.4, -0.2) is 32.2 Å². The first-order valence-electron chi connectivity index (χ1n) is 6.58. The predicted octanol–water partition coefficient (Wildman–Crippen LogP) is 0.264. The van der Waals surface area contributed by atoms with E-state index in [-0.39, 0.29) is 12.1 Å². The number of carbonyl (C=O) groups excluding carboxylic acids is 1. The highest BCUT2D eigenvalue weighted by Gasteiger charge is 2.45. The van der Waals surface area contributed by atoms with E-state index in [2.05, 4.69) is 26.1 Å². The average molecular weight is 246 g/mol. The van der Waals surface area contributed by atoms with Crippen LogP contribution in [-0.2, 0) is 0 Å². The molecule has 1 saturated heterocycles. The van der Waals surface area contributed by atoms with Gasteiger partial charge in [-0.25, -0.2) is 4.79 Å². The highest BCUT2D eigenvalue weighted by atomic mass is 16.2. The number of nitrogens with one attached hydrogen (secondary N) is 1. The van der Waals surface area contributed by atoms with Crippen molar-refractivity contribution in [2.24, 2.45) is 5.73 Å². The molecule has 4 nitrogen and oxygen atoms in total. The molecular weight excluding hydrogens is 226 g/mol. The van der Waals surface area contributed by atoms with E-state index in [1.165, 1.54) is 16.0 Å². The smallest absolute Gasteiger partial charge is 0.319 e. The van der Waals surface area contributed by atoms with Gasteiger partial charge in [-0.15, -0.1) is 0 Å². The fourth-order valence-electron chi connectivity index (χ4n) is 3.49. The molecule has 18 heavy (non-hydrogen) atoms. The summed E-state index contributed by atoms with van der Waals surface area (Å²) in [6, 6.07) is 6.27. The molecule has 0 saturated carbocycles. The van der Waals surface area contributed by atoms with Gasteiger partial charge in [0, 0.05) is 12.1 Å². The number of likely N-dealkylation sites (N-methyl/N-ethyl adjacent to an activating group) is 1. The van der Waals surface area contributed by atoms with E-state index in [0.29, 0.717) is 5.92 Å². The standard InChI is InChI=1S/C14H19N3O/c1-9-3-4-12-10(7-9)11-8-16(2)6-5-13(11)17(12)14(15)18/h3-4,7,11,13H,5-6,8H2,1-2H3,(H2,15,18)/p+1/t11-,13-/m1/s1. The number of likely N-dealkylation sites (tertiary alicyclic amines) is 1. The maximum atomic E-state index is 11.7. The molecule has 1 fully saturated rings. The number of nitrogens with zero attached hydrogens (tertiary/aromatic N) is 1. The van der Waals surface area contributed by atoms with Crippen molar-refractivity contribution in [1.82, 2.24) is 0 Å². The van der Waals surface area contributed by atoms with E-state index in [4.69, 9.17) is 5.73 Å². The van der Waals surface area contributed by atoms with E-state index < -0.39 is 0 Å². The SMILES string of the molecule is Cc1ccc2c(c1)[C@H]1C[NH+](C)CC[C@H]1N2C(N)=O. The Kier molecular flexibility index (Phi) is 2.55. The maximum Gasteiger partial charge on any atom is 0.319 e. The Balaban J connectivity index is 2.09. The number of hydrogen-bond acceptors (Lipinski definition) is 1. The zero-order valence-corrected chi connectivity index (χ0v) is 10.9. The van der Waals surface area contributed by atoms with Gasteiger partial charge in [0.15, 0.2) is 0 Å². The summed E-state index contributed by atoms with van der Waals surface area (Å²) in [5, 5.41) is 0. The lowest BCUT2D eigenvalue weighted by Gasteiger charge is -2.33. The van der Waals surface area contributed by atoms with Crippen molar-refractivity contribution in [1.29, 1.82) is 0 Å². The molecule has 0 aromatic heterocycles. The summed E-state index contributed by atoms with van der Waals surface area (Å²) < 4.78 is 0. The van der Waals surface area contributed by atoms with Crippen LogP contribution in [0, 0.1) is 6.92 Å². The summed E-state index contributed by atoms with van der Waals surface area (Å²) in [5.41, 5.74) is 9.15. The second-order valence-electron chi connectivity index (χ2n) is 5.64. The largest absolute Gasteiger partial charge is 0.351 e. The number of quaternary nitrogens is 1. The highest BCUT2D eigenvalue weighted by molar-refractivity contribution is 5.94. The molecule has 2 amide bonds. The number of rotatable bonds is 0. The molecule has 0 bridgehead atoms. The van der Waals surface area contributed by atoms with Crippen LogP contribution in [0.2, 0.25) is 0 Å². The number of benzene rings is 1. The Morgan fingerprint density at radius 2 is 2.28 bits per heavy atom. The van der Waals surface area contributed by atoms with Crippen LogP contribution < -0.4 is 15.5 Å². The van der Waals surface area contributed by atoms with E-state index in [1.807, 2.05) is 11.0 Å². The van der Waals surface area contributed by atoms with Gasteiger partial charge < -0.3 is 10.6 Å². The van der Waals surface area contributed by atoms with Gasteiger partial charge in [0.2, 0.25) is 0 Å². The van der Waals surface area contributed by atoms with E-state index in [0.717, 1.165) is 25.2 Å². The molecule has 2 heterocycles. The lowest BCUT2D eigenvalue weighted by molar-refractivity contribution is -0.886. The lowest BCUT2D eigenvalue weighted by atomic mass is 9.89. The third-order valence-corrected chi connectivity index (χ3v) is 4.31. The van der Waals surface area contributed by atoms with Gasteiger partial charge in [-0.2, -0.15) is 0 Å². The van der Waals surface area contributed by atoms with Crippen LogP contribution >= 0.6 is 0 Å². The minimum absolute atomic E-state index is 0.267. The van der Waals surface area contributed by atoms with Crippen molar-refractivity contribution in [3.8, 4) is 0 Å². The first-order chi connectivity index (χ1) is 8.58. The van der Waals surface area contributed by atoms with Crippen LogP contribution in [0.3, 0.4) is 0 Å². The molecule has 0 radical (unpaired) electrons. The molecular formula is C14H20N3O+. The van der Waals surface area contributed by atoms with Crippen LogP contribution in [0.1, 0.15) is 23.5 Å². The highest BCUT2D eigenvalue weighted by Crippen LogP contribution is 2.42. The molecule has 3 atom stereocenters. The number of fused-ring (bicyclic) bond motifs is 3. The van der Waals surface area contributed by atoms with Crippen molar-refractivity contribution in [3.05, 3.63) is 29.3 Å². The van der Waals surface area contributed by atoms with Crippen LogP contribution in [0.5, 0.6) is 0 Å². The van der Waals surface area contributed by atoms with Crippen molar-refractivity contribution >= 4 is 11.7 Å². The Labute approximate surface area is 107 Å². The minimum Gasteiger partial charge on any atom is -0.351 e. The number of hydrogen-bond donors (Lipinski definition) is 2. The summed E-state index contributed by atoms with van der Waals surface area (Å²) in [4.78, 5) is 15.1. The Hall–Kier alpha value is -1.55. The summed E-state index contributed by atoms with van der Waals surface area (Å²) in [7, 11) is 2.22. The van der Waals surface area contributed by atoms with E-state index in [1.54, 1.807) is 0 Å². The van der Waals surface area contributed by atoms with Gasteiger partial charge in [0.25, 0.3) is 0 Å². The predicted molar refractivity (Wildman–Crippen MR) is 71.0 cm³/mol. The number of aryl methyl sites for hydroxylation is 1. The molecule has 1 unspecified atom stereocenters. The third-order valence-electron chi connectivity index (χ3n) is 4.31. The van der Waals surface area contributed by atoms with Crippen LogP contribution in [0.25, 0.3) is 0 Å². The number of primary amides is 1. The quantitative estimate of drug-likeness (QED) is 0.678. The van der Waals surface area contributed by atoms with Gasteiger partial charge in [0.05, 0.1) is 32.1 Å². The number of nitrogens with two attached hydrogens (primary N) is 1. The zero-order valence-electron chi connectivity index (χ0n) is 10.9. The summed E-state index contributed by atoms with van der Waals surface area (Å²) >= 11 is 0. The number of urea groups is 1. The molecule has 0 aliphatic carbocycles. The fourth-order valence-corrected chi connectivity index (χ4v) is 3.49. The summed E-state index contributed by atoms with van der Waals surface area (Å²) in [6.45, 7) is 4.30. The van der Waals surface area contributed by atoms with Crippen molar-refractivity contribution < 1.29 is 9.69 Å². The number of carbonyl (C=O) groups is 1. The first-order valence-corrected chi connectivity index (χ1v) is 6.58. The van der Waals surface area contributed by atoms with Crippen molar-refractivity contribution in [3.63, 3.8) is 0 Å². The normalized spacial score (nSPS) is 29.9. The summed E-state index contributed by atoms with van der Waals surface area (Å²) in [5.74, 6) is 0.446. The van der Waals surface area contributed by atoms with Gasteiger partial charge in [-0.3, -0.25) is 4.90 Å². The van der Waals surface area contributed by atoms with E-state index >= 15 is 0 Å². The van der Waals surface area contributed by atoms with E-state index in [9.17, 15) is 4.79 Å². The molecule has 1 aromatic carbocycles. The molecule has 0 spiro atoms. The monoisotopic (exact) mass is 246 g/mol. The van der Waals surface area contributed by atoms with Gasteiger partial charge >= 0.3 is 6.03 Å². The third kappa shape index (κ3) is 1.60. The molecule has 3 N–H and O–H groups in total. The molecule has 2 aliphatic heterocycles. The maximum absolute atomic E-state index is 11.7. The lowest BCUT2D eigenvalue weighted by Crippen LogP contribution is -3.11. The average Bonchev–Trinajstić information content (AvgIpc) is 2.62. The topological polar surface area (TPSA) is 50.8 Å². The van der Waals surface area contributed by atoms with Gasteiger partial charge in [0.1, 0.15) is 0 Å². The Bertz CT molecular complexity index is 500. The van der Waals surface area contributed by atoms with Gasteiger partial charge in [-0.05, 0) is 18.6 Å². The minimum atomic E-state index is -0.313.